The van der Waals surface area contributed by atoms with Crippen molar-refractivity contribution < 1.29 is 19.1 Å². The van der Waals surface area contributed by atoms with Crippen molar-refractivity contribution >= 4 is 28.8 Å². The number of aromatic nitrogens is 3. The Morgan fingerprint density at radius 3 is 2.63 bits per heavy atom. The number of hydrogen-bond acceptors (Lipinski definition) is 6. The molecular formula is C31H36N6O4. The van der Waals surface area contributed by atoms with E-state index in [9.17, 15) is 14.4 Å². The maximum absolute atomic E-state index is 13.8. The van der Waals surface area contributed by atoms with Crippen molar-refractivity contribution in [3.8, 4) is 0 Å². The third kappa shape index (κ3) is 5.88. The van der Waals surface area contributed by atoms with Crippen LogP contribution in [-0.2, 0) is 20.7 Å². The summed E-state index contributed by atoms with van der Waals surface area (Å²) < 4.78 is 5.59. The second-order valence-electron chi connectivity index (χ2n) is 11.5. The van der Waals surface area contributed by atoms with Gasteiger partial charge in [0.2, 0.25) is 11.8 Å². The Kier molecular flexibility index (Phi) is 7.82. The smallest absolute Gasteiger partial charge is 0.253 e. The SMILES string of the molecule is O=C1N[C@H]2CCN(C(=O)c3ccc4n[nH]nc4c3)C[C@H]2CC=CCC2(CCOCC2)C(=O)N[C@@H]1Cc1ccccc1. The van der Waals surface area contributed by atoms with Gasteiger partial charge in [-0.15, -0.1) is 0 Å². The fourth-order valence-corrected chi connectivity index (χ4v) is 6.32. The minimum Gasteiger partial charge on any atom is -0.381 e. The van der Waals surface area contributed by atoms with Gasteiger partial charge in [0.05, 0.1) is 5.41 Å². The lowest BCUT2D eigenvalue weighted by molar-refractivity contribution is -0.140. The number of ether oxygens (including phenoxy) is 1. The maximum Gasteiger partial charge on any atom is 0.253 e. The number of nitrogens with zero attached hydrogens (tertiary/aromatic N) is 3. The molecule has 2 aromatic carbocycles. The number of carbonyl (C=O) groups excluding carboxylic acids is 3. The van der Waals surface area contributed by atoms with Gasteiger partial charge >= 0.3 is 0 Å². The van der Waals surface area contributed by atoms with E-state index in [0.29, 0.717) is 81.4 Å². The number of rotatable bonds is 3. The van der Waals surface area contributed by atoms with Crippen molar-refractivity contribution in [2.75, 3.05) is 26.3 Å². The summed E-state index contributed by atoms with van der Waals surface area (Å²) in [6.45, 7) is 2.11. The van der Waals surface area contributed by atoms with Gasteiger partial charge in [-0.25, -0.2) is 0 Å². The van der Waals surface area contributed by atoms with E-state index in [-0.39, 0.29) is 29.7 Å². The summed E-state index contributed by atoms with van der Waals surface area (Å²) in [6.07, 6.45) is 7.81. The molecule has 41 heavy (non-hydrogen) atoms. The Morgan fingerprint density at radius 1 is 1.00 bits per heavy atom. The molecule has 3 N–H and O–H groups in total. The van der Waals surface area contributed by atoms with Crippen molar-refractivity contribution in [2.24, 2.45) is 11.3 Å². The topological polar surface area (TPSA) is 129 Å². The highest BCUT2D eigenvalue weighted by atomic mass is 16.5. The fraction of sp³-hybridized carbons (Fsp3) is 0.452. The molecule has 3 aromatic rings. The average Bonchev–Trinajstić information content (AvgIpc) is 3.48. The van der Waals surface area contributed by atoms with Crippen molar-refractivity contribution in [3.05, 3.63) is 71.8 Å². The molecule has 4 heterocycles. The molecule has 3 aliphatic heterocycles. The van der Waals surface area contributed by atoms with Gasteiger partial charge in [0, 0.05) is 50.2 Å². The van der Waals surface area contributed by atoms with Crippen LogP contribution in [0.1, 0.15) is 48.0 Å². The molecule has 3 amide bonds. The summed E-state index contributed by atoms with van der Waals surface area (Å²) in [7, 11) is 0. The van der Waals surface area contributed by atoms with Crippen LogP contribution in [0, 0.1) is 11.3 Å². The summed E-state index contributed by atoms with van der Waals surface area (Å²) in [4.78, 5) is 42.8. The normalized spacial score (nSPS) is 25.1. The van der Waals surface area contributed by atoms with Crippen molar-refractivity contribution in [3.63, 3.8) is 0 Å². The largest absolute Gasteiger partial charge is 0.381 e. The number of aromatic amines is 1. The van der Waals surface area contributed by atoms with Gasteiger partial charge in [0.25, 0.3) is 5.91 Å². The molecule has 0 aliphatic carbocycles. The number of piperidine rings is 1. The van der Waals surface area contributed by atoms with Gasteiger partial charge in [-0.2, -0.15) is 15.4 Å². The Morgan fingerprint density at radius 2 is 1.80 bits per heavy atom. The summed E-state index contributed by atoms with van der Waals surface area (Å²) in [5.74, 6) is -0.268. The van der Waals surface area contributed by atoms with Crippen LogP contribution < -0.4 is 10.6 Å². The van der Waals surface area contributed by atoms with Crippen LogP contribution in [-0.4, -0.2) is 76.4 Å². The summed E-state index contributed by atoms with van der Waals surface area (Å²) >= 11 is 0. The molecule has 1 spiro atoms. The number of fused-ring (bicyclic) bond motifs is 2. The van der Waals surface area contributed by atoms with Crippen LogP contribution in [0.3, 0.4) is 0 Å². The third-order valence-electron chi connectivity index (χ3n) is 8.86. The van der Waals surface area contributed by atoms with Gasteiger partial charge < -0.3 is 20.3 Å². The van der Waals surface area contributed by atoms with Gasteiger partial charge in [-0.05, 0) is 55.9 Å². The van der Waals surface area contributed by atoms with E-state index < -0.39 is 11.5 Å². The quantitative estimate of drug-likeness (QED) is 0.426. The lowest BCUT2D eigenvalue weighted by Crippen LogP contribution is -2.58. The maximum atomic E-state index is 13.8. The van der Waals surface area contributed by atoms with Crippen LogP contribution in [0.5, 0.6) is 0 Å². The van der Waals surface area contributed by atoms with Crippen LogP contribution >= 0.6 is 0 Å². The fourth-order valence-electron chi connectivity index (χ4n) is 6.32. The van der Waals surface area contributed by atoms with E-state index in [1.807, 2.05) is 35.2 Å². The first-order valence-corrected chi connectivity index (χ1v) is 14.5. The first kappa shape index (κ1) is 27.1. The first-order valence-electron chi connectivity index (χ1n) is 14.5. The van der Waals surface area contributed by atoms with Crippen molar-refractivity contribution in [2.45, 2.75) is 50.6 Å². The number of H-pyrrole nitrogens is 1. The van der Waals surface area contributed by atoms with Gasteiger partial charge in [-0.1, -0.05) is 42.5 Å². The molecular weight excluding hydrogens is 520 g/mol. The van der Waals surface area contributed by atoms with Gasteiger partial charge in [0.15, 0.2) is 0 Å². The molecule has 2 fully saturated rings. The van der Waals surface area contributed by atoms with Crippen molar-refractivity contribution in [1.29, 1.82) is 0 Å². The van der Waals surface area contributed by atoms with E-state index in [4.69, 9.17) is 4.74 Å². The Bertz CT molecular complexity index is 1430. The molecule has 6 rings (SSSR count). The van der Waals surface area contributed by atoms with Crippen LogP contribution in [0.4, 0.5) is 0 Å². The number of likely N-dealkylation sites (tertiary alicyclic amines) is 1. The standard InChI is InChI=1S/C31H36N6O4/c38-28-27(18-21-6-2-1-3-7-21)33-30(40)31(13-16-41-17-14-31)12-5-4-8-23-20-37(15-11-24(23)32-28)29(39)22-9-10-25-26(19-22)35-36-34-25/h1-7,9-10,19,23-24,27H,8,11-18,20H2,(H,32,38)(H,33,40)(H,34,35,36)/t23-,24+,27-/m1/s1. The molecule has 3 atom stereocenters. The molecule has 0 bridgehead atoms. The highest BCUT2D eigenvalue weighted by molar-refractivity contribution is 5.97. The lowest BCUT2D eigenvalue weighted by Gasteiger charge is -2.40. The van der Waals surface area contributed by atoms with Crippen LogP contribution in [0.25, 0.3) is 11.0 Å². The summed E-state index contributed by atoms with van der Waals surface area (Å²) in [5.41, 5.74) is 2.33. The second-order valence-corrected chi connectivity index (χ2v) is 11.5. The molecule has 0 saturated carbocycles. The minimum atomic E-state index is -0.692. The Balaban J connectivity index is 1.24. The number of nitrogens with one attached hydrogen (secondary N) is 3. The van der Waals surface area contributed by atoms with E-state index >= 15 is 0 Å². The molecule has 3 aliphatic rings. The molecule has 2 saturated heterocycles. The van der Waals surface area contributed by atoms with E-state index in [1.54, 1.807) is 18.2 Å². The van der Waals surface area contributed by atoms with Crippen LogP contribution in [0.15, 0.2) is 60.7 Å². The molecule has 1 aromatic heterocycles. The predicted molar refractivity (Wildman–Crippen MR) is 153 cm³/mol. The van der Waals surface area contributed by atoms with Gasteiger partial charge in [0.1, 0.15) is 17.1 Å². The number of hydrogen-bond donors (Lipinski definition) is 3. The van der Waals surface area contributed by atoms with Crippen molar-refractivity contribution in [1.82, 2.24) is 30.9 Å². The zero-order valence-electron chi connectivity index (χ0n) is 23.1. The van der Waals surface area contributed by atoms with Gasteiger partial charge in [-0.3, -0.25) is 14.4 Å². The zero-order valence-corrected chi connectivity index (χ0v) is 23.1. The first-order chi connectivity index (χ1) is 20.0. The lowest BCUT2D eigenvalue weighted by atomic mass is 9.75. The number of amides is 3. The molecule has 10 heteroatoms. The van der Waals surface area contributed by atoms with E-state index in [1.165, 1.54) is 0 Å². The highest BCUT2D eigenvalue weighted by Gasteiger charge is 2.41. The van der Waals surface area contributed by atoms with E-state index in [0.717, 1.165) is 5.56 Å². The Labute approximate surface area is 238 Å². The van der Waals surface area contributed by atoms with Crippen LogP contribution in [0.2, 0.25) is 0 Å². The Hall–Kier alpha value is -4.05. The molecule has 10 nitrogen and oxygen atoms in total. The number of benzene rings is 2. The summed E-state index contributed by atoms with van der Waals surface area (Å²) in [5, 5.41) is 17.2. The molecule has 0 radical (unpaired) electrons. The second kappa shape index (κ2) is 11.8. The number of carbonyl (C=O) groups is 3. The molecule has 0 unspecified atom stereocenters. The van der Waals surface area contributed by atoms with E-state index in [2.05, 4.69) is 38.2 Å². The number of allylic oxidation sites excluding steroid dienone is 2. The third-order valence-corrected chi connectivity index (χ3v) is 8.86. The molecule has 214 valence electrons. The highest BCUT2D eigenvalue weighted by Crippen LogP contribution is 2.36. The summed E-state index contributed by atoms with van der Waals surface area (Å²) in [6, 6.07) is 14.3. The monoisotopic (exact) mass is 556 g/mol. The minimum absolute atomic E-state index is 0.0434. The predicted octanol–water partition coefficient (Wildman–Crippen LogP) is 2.78. The average molecular weight is 557 g/mol. The zero-order chi connectivity index (χ0) is 28.2.